The van der Waals surface area contributed by atoms with Gasteiger partial charge < -0.3 is 5.32 Å². The number of fused-ring (bicyclic) bond motifs is 1. The Labute approximate surface area is 83.0 Å². The smallest absolute Gasteiger partial charge is 0.158 e. The van der Waals surface area contributed by atoms with E-state index in [1.807, 2.05) is 37.1 Å². The van der Waals surface area contributed by atoms with Crippen molar-refractivity contribution in [3.05, 3.63) is 29.7 Å². The highest BCUT2D eigenvalue weighted by Crippen LogP contribution is 2.08. The average molecular weight is 190 g/mol. The van der Waals surface area contributed by atoms with E-state index in [0.717, 1.165) is 24.2 Å². The molecular formula is C10H14N4. The van der Waals surface area contributed by atoms with Gasteiger partial charge in [0.2, 0.25) is 0 Å². The standard InChI is InChI=1S/C10H14N4/c1-8-5-12-10-9(3-4-11-2)6-13-14(10)7-8/h5-7,11H,3-4H2,1-2H3. The van der Waals surface area contributed by atoms with E-state index in [1.54, 1.807) is 0 Å². The number of hydrogen-bond donors (Lipinski definition) is 1. The summed E-state index contributed by atoms with van der Waals surface area (Å²) in [6, 6.07) is 0. The molecule has 2 aromatic heterocycles. The van der Waals surface area contributed by atoms with Crippen molar-refractivity contribution in [1.82, 2.24) is 19.9 Å². The number of aryl methyl sites for hydroxylation is 1. The highest BCUT2D eigenvalue weighted by Gasteiger charge is 2.03. The van der Waals surface area contributed by atoms with Gasteiger partial charge in [0.25, 0.3) is 0 Å². The molecule has 2 heterocycles. The Bertz CT molecular complexity index is 433. The average Bonchev–Trinajstić information content (AvgIpc) is 2.57. The summed E-state index contributed by atoms with van der Waals surface area (Å²) in [4.78, 5) is 4.37. The van der Waals surface area contributed by atoms with Gasteiger partial charge in [-0.15, -0.1) is 0 Å². The van der Waals surface area contributed by atoms with Gasteiger partial charge in [0, 0.05) is 18.0 Å². The quantitative estimate of drug-likeness (QED) is 0.778. The molecule has 0 fully saturated rings. The second-order valence-electron chi connectivity index (χ2n) is 3.42. The summed E-state index contributed by atoms with van der Waals surface area (Å²) in [7, 11) is 1.95. The minimum absolute atomic E-state index is 0.955. The van der Waals surface area contributed by atoms with Crippen LogP contribution in [0.15, 0.2) is 18.6 Å². The van der Waals surface area contributed by atoms with Gasteiger partial charge in [-0.25, -0.2) is 9.50 Å². The Hall–Kier alpha value is -1.42. The van der Waals surface area contributed by atoms with Crippen molar-refractivity contribution in [2.45, 2.75) is 13.3 Å². The van der Waals surface area contributed by atoms with E-state index in [4.69, 9.17) is 0 Å². The number of nitrogens with zero attached hydrogens (tertiary/aromatic N) is 3. The highest BCUT2D eigenvalue weighted by atomic mass is 15.2. The fourth-order valence-corrected chi connectivity index (χ4v) is 1.45. The van der Waals surface area contributed by atoms with Crippen molar-refractivity contribution in [2.24, 2.45) is 0 Å². The third kappa shape index (κ3) is 1.61. The molecule has 0 bridgehead atoms. The number of hydrogen-bond acceptors (Lipinski definition) is 3. The molecule has 0 unspecified atom stereocenters. The molecule has 4 nitrogen and oxygen atoms in total. The molecule has 0 aromatic carbocycles. The molecule has 0 amide bonds. The van der Waals surface area contributed by atoms with Crippen molar-refractivity contribution in [1.29, 1.82) is 0 Å². The lowest BCUT2D eigenvalue weighted by atomic mass is 10.2. The zero-order chi connectivity index (χ0) is 9.97. The van der Waals surface area contributed by atoms with Crippen LogP contribution in [0.25, 0.3) is 5.65 Å². The molecule has 0 saturated heterocycles. The zero-order valence-corrected chi connectivity index (χ0v) is 8.49. The van der Waals surface area contributed by atoms with Gasteiger partial charge in [0.05, 0.1) is 6.20 Å². The van der Waals surface area contributed by atoms with Crippen LogP contribution in [0.3, 0.4) is 0 Å². The molecule has 0 saturated carbocycles. The van der Waals surface area contributed by atoms with Gasteiger partial charge in [-0.2, -0.15) is 5.10 Å². The zero-order valence-electron chi connectivity index (χ0n) is 8.49. The highest BCUT2D eigenvalue weighted by molar-refractivity contribution is 5.46. The van der Waals surface area contributed by atoms with Gasteiger partial charge in [-0.1, -0.05) is 0 Å². The van der Waals surface area contributed by atoms with Gasteiger partial charge >= 0.3 is 0 Å². The fraction of sp³-hybridized carbons (Fsp3) is 0.400. The van der Waals surface area contributed by atoms with Crippen LogP contribution in [0.4, 0.5) is 0 Å². The number of aromatic nitrogens is 3. The van der Waals surface area contributed by atoms with E-state index in [9.17, 15) is 0 Å². The van der Waals surface area contributed by atoms with Gasteiger partial charge in [-0.3, -0.25) is 0 Å². The lowest BCUT2D eigenvalue weighted by molar-refractivity contribution is 0.793. The van der Waals surface area contributed by atoms with E-state index in [-0.39, 0.29) is 0 Å². The van der Waals surface area contributed by atoms with Crippen molar-refractivity contribution in [2.75, 3.05) is 13.6 Å². The Morgan fingerprint density at radius 3 is 3.07 bits per heavy atom. The lowest BCUT2D eigenvalue weighted by Crippen LogP contribution is -2.10. The van der Waals surface area contributed by atoms with Crippen LogP contribution in [0.2, 0.25) is 0 Å². The van der Waals surface area contributed by atoms with Gasteiger partial charge in [0.15, 0.2) is 5.65 Å². The van der Waals surface area contributed by atoms with Crippen LogP contribution in [0.5, 0.6) is 0 Å². The van der Waals surface area contributed by atoms with Gasteiger partial charge in [-0.05, 0) is 32.5 Å². The maximum absolute atomic E-state index is 4.37. The first kappa shape index (κ1) is 9.15. The molecular weight excluding hydrogens is 176 g/mol. The molecule has 1 N–H and O–H groups in total. The van der Waals surface area contributed by atoms with Crippen LogP contribution < -0.4 is 5.32 Å². The lowest BCUT2D eigenvalue weighted by Gasteiger charge is -1.98. The first-order valence-electron chi connectivity index (χ1n) is 4.74. The Morgan fingerprint density at radius 1 is 1.43 bits per heavy atom. The monoisotopic (exact) mass is 190 g/mol. The van der Waals surface area contributed by atoms with Crippen molar-refractivity contribution in [3.63, 3.8) is 0 Å². The van der Waals surface area contributed by atoms with E-state index in [0.29, 0.717) is 0 Å². The summed E-state index contributed by atoms with van der Waals surface area (Å²) < 4.78 is 1.83. The second-order valence-corrected chi connectivity index (χ2v) is 3.42. The maximum atomic E-state index is 4.37. The molecule has 0 aliphatic rings. The predicted molar refractivity (Wildman–Crippen MR) is 55.4 cm³/mol. The molecule has 74 valence electrons. The molecule has 2 aromatic rings. The molecule has 14 heavy (non-hydrogen) atoms. The van der Waals surface area contributed by atoms with E-state index < -0.39 is 0 Å². The van der Waals surface area contributed by atoms with Crippen LogP contribution in [-0.2, 0) is 6.42 Å². The number of rotatable bonds is 3. The van der Waals surface area contributed by atoms with Crippen LogP contribution in [0.1, 0.15) is 11.1 Å². The number of likely N-dealkylation sites (N-methyl/N-ethyl adjacent to an activating group) is 1. The summed E-state index contributed by atoms with van der Waals surface area (Å²) in [5, 5.41) is 7.38. The van der Waals surface area contributed by atoms with Crippen LogP contribution in [0, 0.1) is 6.92 Å². The summed E-state index contributed by atoms with van der Waals surface area (Å²) in [6.07, 6.45) is 6.72. The van der Waals surface area contributed by atoms with Crippen molar-refractivity contribution >= 4 is 5.65 Å². The molecule has 0 radical (unpaired) electrons. The third-order valence-corrected chi connectivity index (χ3v) is 2.20. The minimum atomic E-state index is 0.955. The minimum Gasteiger partial charge on any atom is -0.319 e. The van der Waals surface area contributed by atoms with Crippen LogP contribution in [-0.4, -0.2) is 28.2 Å². The van der Waals surface area contributed by atoms with Gasteiger partial charge in [0.1, 0.15) is 0 Å². The summed E-state index contributed by atoms with van der Waals surface area (Å²) in [6.45, 7) is 2.97. The topological polar surface area (TPSA) is 42.2 Å². The Kier molecular flexibility index (Phi) is 2.45. The maximum Gasteiger partial charge on any atom is 0.158 e. The molecule has 0 atom stereocenters. The molecule has 0 aliphatic heterocycles. The SMILES string of the molecule is CNCCc1cnn2cc(C)cnc12. The molecule has 4 heteroatoms. The first-order chi connectivity index (χ1) is 6.81. The Morgan fingerprint density at radius 2 is 2.29 bits per heavy atom. The fourth-order valence-electron chi connectivity index (χ4n) is 1.45. The molecule has 2 rings (SSSR count). The van der Waals surface area contributed by atoms with E-state index in [1.165, 1.54) is 5.56 Å². The summed E-state index contributed by atoms with van der Waals surface area (Å²) >= 11 is 0. The normalized spacial score (nSPS) is 11.0. The van der Waals surface area contributed by atoms with Crippen LogP contribution >= 0.6 is 0 Å². The molecule has 0 spiro atoms. The Balaban J connectivity index is 2.37. The summed E-state index contributed by atoms with van der Waals surface area (Å²) in [5.74, 6) is 0. The van der Waals surface area contributed by atoms with E-state index in [2.05, 4.69) is 15.4 Å². The summed E-state index contributed by atoms with van der Waals surface area (Å²) in [5.41, 5.74) is 3.28. The first-order valence-corrected chi connectivity index (χ1v) is 4.74. The molecule has 0 aliphatic carbocycles. The predicted octanol–water partition coefficient (Wildman–Crippen LogP) is 0.800. The largest absolute Gasteiger partial charge is 0.319 e. The third-order valence-electron chi connectivity index (χ3n) is 2.20. The van der Waals surface area contributed by atoms with Crippen molar-refractivity contribution in [3.8, 4) is 0 Å². The number of nitrogens with one attached hydrogen (secondary N) is 1. The van der Waals surface area contributed by atoms with E-state index >= 15 is 0 Å². The van der Waals surface area contributed by atoms with Crippen molar-refractivity contribution < 1.29 is 0 Å². The second kappa shape index (κ2) is 3.75.